The van der Waals surface area contributed by atoms with E-state index in [9.17, 15) is 14.0 Å². The van der Waals surface area contributed by atoms with E-state index < -0.39 is 11.9 Å². The molecular weight excluding hydrogens is 525 g/mol. The van der Waals surface area contributed by atoms with Crippen molar-refractivity contribution in [1.29, 1.82) is 0 Å². The summed E-state index contributed by atoms with van der Waals surface area (Å²) in [7, 11) is 0. The van der Waals surface area contributed by atoms with Crippen molar-refractivity contribution < 1.29 is 14.0 Å². The minimum Gasteiger partial charge on any atom is -0.351 e. The summed E-state index contributed by atoms with van der Waals surface area (Å²) >= 11 is 0. The second-order valence-corrected chi connectivity index (χ2v) is 10.9. The summed E-state index contributed by atoms with van der Waals surface area (Å²) in [5.74, 6) is 0.169. The molecule has 2 aliphatic heterocycles. The number of fused-ring (bicyclic) bond motifs is 1. The van der Waals surface area contributed by atoms with Crippen molar-refractivity contribution in [2.24, 2.45) is 0 Å². The minimum absolute atomic E-state index is 0.107. The molecule has 4 N–H and O–H groups in total. The molecule has 3 aromatic rings. The Kier molecular flexibility index (Phi) is 8.77. The molecule has 2 saturated heterocycles. The number of nitrogens with one attached hydrogen (secondary N) is 4. The predicted octanol–water partition coefficient (Wildman–Crippen LogP) is 3.67. The number of amides is 2. The molecule has 12 heteroatoms. The smallest absolute Gasteiger partial charge is 0.247 e. The van der Waals surface area contributed by atoms with Crippen LogP contribution in [-0.4, -0.2) is 68.0 Å². The van der Waals surface area contributed by atoms with E-state index in [0.717, 1.165) is 44.3 Å². The van der Waals surface area contributed by atoms with Crippen LogP contribution in [0.1, 0.15) is 63.0 Å². The first-order chi connectivity index (χ1) is 19.8. The zero-order valence-corrected chi connectivity index (χ0v) is 23.6. The number of nitrogens with zero attached hydrogens (tertiary/aromatic N) is 5. The van der Waals surface area contributed by atoms with Gasteiger partial charge in [-0.3, -0.25) is 9.59 Å². The summed E-state index contributed by atoms with van der Waals surface area (Å²) < 4.78 is 16.5. The van der Waals surface area contributed by atoms with Crippen LogP contribution < -0.4 is 21.3 Å². The Morgan fingerprint density at radius 1 is 1.20 bits per heavy atom. The van der Waals surface area contributed by atoms with Gasteiger partial charge in [0.1, 0.15) is 11.9 Å². The van der Waals surface area contributed by atoms with Crippen LogP contribution in [0.5, 0.6) is 0 Å². The number of aromatic nitrogens is 4. The van der Waals surface area contributed by atoms with Crippen LogP contribution in [0.15, 0.2) is 37.1 Å². The molecule has 2 aromatic heterocycles. The average Bonchev–Trinajstić information content (AvgIpc) is 3.42. The number of likely N-dealkylation sites (tertiary alicyclic amines) is 1. The first-order valence-electron chi connectivity index (χ1n) is 14.3. The molecule has 5 rings (SSSR count). The van der Waals surface area contributed by atoms with Gasteiger partial charge < -0.3 is 26.2 Å². The molecule has 0 spiro atoms. The molecule has 0 saturated carbocycles. The number of rotatable bonds is 9. The number of anilines is 3. The van der Waals surface area contributed by atoms with Gasteiger partial charge in [-0.2, -0.15) is 19.6 Å². The highest BCUT2D eigenvalue weighted by atomic mass is 19.1. The lowest BCUT2D eigenvalue weighted by molar-refractivity contribution is -0.136. The third-order valence-electron chi connectivity index (χ3n) is 7.70. The third-order valence-corrected chi connectivity index (χ3v) is 7.70. The van der Waals surface area contributed by atoms with Crippen LogP contribution in [0.4, 0.5) is 22.0 Å². The van der Waals surface area contributed by atoms with Gasteiger partial charge in [0.15, 0.2) is 5.65 Å². The highest BCUT2D eigenvalue weighted by Crippen LogP contribution is 2.25. The van der Waals surface area contributed by atoms with E-state index in [0.29, 0.717) is 41.8 Å². The molecule has 11 nitrogen and oxygen atoms in total. The Morgan fingerprint density at radius 3 is 2.76 bits per heavy atom. The first kappa shape index (κ1) is 28.5. The number of hydrogen-bond acceptors (Lipinski definition) is 8. The predicted molar refractivity (Wildman–Crippen MR) is 156 cm³/mol. The fourth-order valence-electron chi connectivity index (χ4n) is 5.40. The average molecular weight is 564 g/mol. The zero-order chi connectivity index (χ0) is 28.9. The Balaban J connectivity index is 1.34. The lowest BCUT2D eigenvalue weighted by Gasteiger charge is -2.34. The van der Waals surface area contributed by atoms with E-state index in [1.54, 1.807) is 21.7 Å². The summed E-state index contributed by atoms with van der Waals surface area (Å²) in [5, 5.41) is 17.4. The largest absolute Gasteiger partial charge is 0.351 e. The van der Waals surface area contributed by atoms with E-state index >= 15 is 0 Å². The minimum atomic E-state index is -0.587. The SMILES string of the molecule is C=CC(=O)N1CCCCC1C(=O)Nc1ccc(F)c(CNc2nc(NC3CCNCC3)nc3c(C(C)C)cnn23)c1. The van der Waals surface area contributed by atoms with E-state index in [2.05, 4.69) is 51.8 Å². The Hall–Kier alpha value is -4.06. The lowest BCUT2D eigenvalue weighted by atomic mass is 10.0. The molecule has 2 fully saturated rings. The number of carbonyl (C=O) groups excluding carboxylic acids is 2. The monoisotopic (exact) mass is 563 g/mol. The van der Waals surface area contributed by atoms with Crippen molar-refractivity contribution in [1.82, 2.24) is 29.8 Å². The molecular formula is C29H38FN9O2. The van der Waals surface area contributed by atoms with Crippen LogP contribution in [0, 0.1) is 5.82 Å². The van der Waals surface area contributed by atoms with Crippen molar-refractivity contribution in [3.63, 3.8) is 0 Å². The zero-order valence-electron chi connectivity index (χ0n) is 23.6. The maximum Gasteiger partial charge on any atom is 0.247 e. The fraction of sp³-hybridized carbons (Fsp3) is 0.483. The van der Waals surface area contributed by atoms with Gasteiger partial charge >= 0.3 is 0 Å². The summed E-state index contributed by atoms with van der Waals surface area (Å²) in [5.41, 5.74) is 2.49. The highest BCUT2D eigenvalue weighted by molar-refractivity contribution is 5.99. The second kappa shape index (κ2) is 12.6. The Morgan fingerprint density at radius 2 is 2.00 bits per heavy atom. The molecule has 218 valence electrons. The normalized spacial score (nSPS) is 18.0. The fourth-order valence-corrected chi connectivity index (χ4v) is 5.40. The summed E-state index contributed by atoms with van der Waals surface area (Å²) in [6.07, 6.45) is 7.22. The third kappa shape index (κ3) is 6.48. The van der Waals surface area contributed by atoms with Crippen LogP contribution in [0.25, 0.3) is 5.65 Å². The summed E-state index contributed by atoms with van der Waals surface area (Å²) in [6, 6.07) is 4.11. The van der Waals surface area contributed by atoms with Crippen LogP contribution in [0.3, 0.4) is 0 Å². The molecule has 4 heterocycles. The van der Waals surface area contributed by atoms with E-state index in [-0.39, 0.29) is 30.3 Å². The Bertz CT molecular complexity index is 1420. The maximum absolute atomic E-state index is 14.9. The molecule has 0 bridgehead atoms. The van der Waals surface area contributed by atoms with E-state index in [4.69, 9.17) is 4.98 Å². The van der Waals surface area contributed by atoms with Gasteiger partial charge in [-0.1, -0.05) is 20.4 Å². The number of benzene rings is 1. The van der Waals surface area contributed by atoms with E-state index in [1.165, 1.54) is 18.2 Å². The highest BCUT2D eigenvalue weighted by Gasteiger charge is 2.31. The lowest BCUT2D eigenvalue weighted by Crippen LogP contribution is -2.49. The molecule has 2 aliphatic rings. The van der Waals surface area contributed by atoms with E-state index in [1.807, 2.05) is 0 Å². The van der Waals surface area contributed by atoms with Gasteiger partial charge in [-0.05, 0) is 75.4 Å². The van der Waals surface area contributed by atoms with Gasteiger partial charge in [0.2, 0.25) is 23.7 Å². The standard InChI is InChI=1S/C29H38FN9O2/c1-4-25(40)38-14-6-5-7-24(38)27(41)34-21-8-9-23(30)19(15-21)16-32-29-37-28(35-20-10-12-31-13-11-20)36-26-22(18(2)3)17-33-39(26)29/h4,8-9,15,17-18,20,24,31H,1,5-7,10-14,16H2,2-3H3,(H,34,41)(H2,32,35,36,37). The second-order valence-electron chi connectivity index (χ2n) is 10.9. The number of carbonyl (C=O) groups is 2. The van der Waals surface area contributed by atoms with Crippen molar-refractivity contribution in [2.75, 3.05) is 35.6 Å². The topological polar surface area (TPSA) is 129 Å². The van der Waals surface area contributed by atoms with Crippen LogP contribution in [-0.2, 0) is 16.1 Å². The molecule has 1 unspecified atom stereocenters. The van der Waals surface area contributed by atoms with Gasteiger partial charge in [0.05, 0.1) is 6.20 Å². The van der Waals surface area contributed by atoms with Crippen molar-refractivity contribution >= 4 is 35.0 Å². The molecule has 1 aromatic carbocycles. The van der Waals surface area contributed by atoms with Gasteiger partial charge in [0.25, 0.3) is 0 Å². The molecule has 0 radical (unpaired) electrons. The van der Waals surface area contributed by atoms with Gasteiger partial charge in [-0.25, -0.2) is 4.39 Å². The van der Waals surface area contributed by atoms with Crippen molar-refractivity contribution in [3.05, 3.63) is 54.0 Å². The quantitative estimate of drug-likeness (QED) is 0.291. The molecule has 2 amide bonds. The Labute approximate surface area is 239 Å². The van der Waals surface area contributed by atoms with Crippen molar-refractivity contribution in [3.8, 4) is 0 Å². The first-order valence-corrected chi connectivity index (χ1v) is 14.3. The number of halogens is 1. The maximum atomic E-state index is 14.9. The molecule has 41 heavy (non-hydrogen) atoms. The van der Waals surface area contributed by atoms with Crippen LogP contribution in [0.2, 0.25) is 0 Å². The number of hydrogen-bond donors (Lipinski definition) is 4. The summed E-state index contributed by atoms with van der Waals surface area (Å²) in [4.78, 5) is 36.3. The van der Waals surface area contributed by atoms with Gasteiger partial charge in [0, 0.05) is 35.9 Å². The van der Waals surface area contributed by atoms with Crippen molar-refractivity contribution in [2.45, 2.75) is 70.5 Å². The number of piperidine rings is 2. The van der Waals surface area contributed by atoms with Gasteiger partial charge in [-0.15, -0.1) is 0 Å². The van der Waals surface area contributed by atoms with Crippen LogP contribution >= 0.6 is 0 Å². The molecule has 0 aliphatic carbocycles. The molecule has 1 atom stereocenters. The summed E-state index contributed by atoms with van der Waals surface area (Å²) in [6.45, 7) is 10.2.